The van der Waals surface area contributed by atoms with Gasteiger partial charge in [0.25, 0.3) is 0 Å². The van der Waals surface area contributed by atoms with Gasteiger partial charge in [0.2, 0.25) is 5.91 Å². The first-order chi connectivity index (χ1) is 16.1. The standard InChI is InChI=1S/C30H50N2O3/c1-11-23(13-12-22(4)27(34)35-21(2)3)25(16-17-28(5,6)7)32-26(33)20-31-30(32)18-14-24(15-19-30)29(8,9)10/h11-13,21,24-25,31H,1,14-20H2,2-10H3/b22-12+,23-13+. The predicted molar refractivity (Wildman–Crippen MR) is 145 cm³/mol. The monoisotopic (exact) mass is 486 g/mol. The molecule has 35 heavy (non-hydrogen) atoms. The number of allylic oxidation sites excluding steroid dienone is 2. The third kappa shape index (κ3) is 7.80. The van der Waals surface area contributed by atoms with Crippen LogP contribution in [-0.2, 0) is 14.3 Å². The molecule has 2 aliphatic rings. The highest BCUT2D eigenvalue weighted by molar-refractivity contribution is 5.88. The van der Waals surface area contributed by atoms with Gasteiger partial charge in [0.15, 0.2) is 0 Å². The first kappa shape index (κ1) is 29.4. The van der Waals surface area contributed by atoms with Crippen LogP contribution in [-0.4, -0.2) is 41.1 Å². The Bertz CT molecular complexity index is 831. The Hall–Kier alpha value is -1.88. The Labute approximate surface area is 214 Å². The zero-order valence-electron chi connectivity index (χ0n) is 23.8. The number of ether oxygens (including phenoxy) is 1. The predicted octanol–water partition coefficient (Wildman–Crippen LogP) is 6.56. The van der Waals surface area contributed by atoms with Gasteiger partial charge >= 0.3 is 5.97 Å². The molecule has 1 spiro atoms. The molecule has 2 rings (SSSR count). The lowest BCUT2D eigenvalue weighted by molar-refractivity contribution is -0.142. The summed E-state index contributed by atoms with van der Waals surface area (Å²) in [6, 6.07) is -0.0921. The van der Waals surface area contributed by atoms with Gasteiger partial charge in [-0.1, -0.05) is 66.3 Å². The molecule has 5 heteroatoms. The van der Waals surface area contributed by atoms with E-state index in [1.54, 1.807) is 6.92 Å². The summed E-state index contributed by atoms with van der Waals surface area (Å²) in [5.74, 6) is 0.500. The Morgan fingerprint density at radius 3 is 2.26 bits per heavy atom. The molecule has 0 aromatic rings. The molecule has 198 valence electrons. The summed E-state index contributed by atoms with van der Waals surface area (Å²) in [5, 5.41) is 3.63. The quantitative estimate of drug-likeness (QED) is 0.240. The fraction of sp³-hybridized carbons (Fsp3) is 0.733. The molecular formula is C30H50N2O3. The zero-order chi connectivity index (χ0) is 26.6. The van der Waals surface area contributed by atoms with Crippen LogP contribution in [0.1, 0.15) is 101 Å². The van der Waals surface area contributed by atoms with Crippen LogP contribution in [0.4, 0.5) is 0 Å². The van der Waals surface area contributed by atoms with E-state index in [1.807, 2.05) is 32.1 Å². The molecule has 0 aromatic carbocycles. The van der Waals surface area contributed by atoms with Crippen molar-refractivity contribution in [2.75, 3.05) is 6.54 Å². The van der Waals surface area contributed by atoms with Gasteiger partial charge in [-0.2, -0.15) is 0 Å². The van der Waals surface area contributed by atoms with Crippen LogP contribution in [0.15, 0.2) is 36.0 Å². The summed E-state index contributed by atoms with van der Waals surface area (Å²) in [4.78, 5) is 27.9. The van der Waals surface area contributed by atoms with Gasteiger partial charge in [0.1, 0.15) is 0 Å². The van der Waals surface area contributed by atoms with E-state index >= 15 is 0 Å². The van der Waals surface area contributed by atoms with Crippen LogP contribution in [0, 0.1) is 16.7 Å². The smallest absolute Gasteiger partial charge is 0.333 e. The number of carbonyl (C=O) groups is 2. The van der Waals surface area contributed by atoms with Crippen molar-refractivity contribution in [2.45, 2.75) is 119 Å². The number of nitrogens with one attached hydrogen (secondary N) is 1. The number of amides is 1. The molecule has 1 saturated heterocycles. The molecular weight excluding hydrogens is 436 g/mol. The zero-order valence-corrected chi connectivity index (χ0v) is 23.8. The van der Waals surface area contributed by atoms with Gasteiger partial charge in [-0.25, -0.2) is 4.79 Å². The van der Waals surface area contributed by atoms with Crippen molar-refractivity contribution in [1.29, 1.82) is 0 Å². The molecule has 1 heterocycles. The van der Waals surface area contributed by atoms with E-state index in [1.165, 1.54) is 0 Å². The highest BCUT2D eigenvalue weighted by atomic mass is 16.5. The molecule has 1 amide bonds. The minimum atomic E-state index is -0.318. The van der Waals surface area contributed by atoms with Crippen LogP contribution >= 0.6 is 0 Å². The molecule has 1 saturated carbocycles. The molecule has 5 nitrogen and oxygen atoms in total. The van der Waals surface area contributed by atoms with Gasteiger partial charge in [-0.05, 0) is 81.6 Å². The van der Waals surface area contributed by atoms with Crippen molar-refractivity contribution in [2.24, 2.45) is 16.7 Å². The van der Waals surface area contributed by atoms with E-state index in [9.17, 15) is 9.59 Å². The fourth-order valence-electron chi connectivity index (χ4n) is 5.43. The molecule has 1 N–H and O–H groups in total. The molecule has 1 aliphatic carbocycles. The van der Waals surface area contributed by atoms with E-state index in [0.29, 0.717) is 18.0 Å². The fourth-order valence-corrected chi connectivity index (χ4v) is 5.43. The Morgan fingerprint density at radius 2 is 1.77 bits per heavy atom. The number of carbonyl (C=O) groups excluding carboxylic acids is 2. The van der Waals surface area contributed by atoms with Crippen molar-refractivity contribution in [3.8, 4) is 0 Å². The maximum Gasteiger partial charge on any atom is 0.333 e. The lowest BCUT2D eigenvalue weighted by Gasteiger charge is -2.49. The summed E-state index contributed by atoms with van der Waals surface area (Å²) in [7, 11) is 0. The average molecular weight is 487 g/mol. The molecule has 0 aromatic heterocycles. The van der Waals surface area contributed by atoms with Gasteiger partial charge in [-0.15, -0.1) is 0 Å². The molecule has 2 fully saturated rings. The topological polar surface area (TPSA) is 58.6 Å². The van der Waals surface area contributed by atoms with Gasteiger partial charge in [-0.3, -0.25) is 10.1 Å². The molecule has 0 bridgehead atoms. The van der Waals surface area contributed by atoms with Gasteiger partial charge < -0.3 is 9.64 Å². The van der Waals surface area contributed by atoms with Gasteiger partial charge in [0.05, 0.1) is 24.4 Å². The maximum atomic E-state index is 13.4. The molecule has 1 atom stereocenters. The molecule has 1 aliphatic heterocycles. The minimum absolute atomic E-state index is 0.0921. The van der Waals surface area contributed by atoms with E-state index in [-0.39, 0.29) is 40.5 Å². The van der Waals surface area contributed by atoms with Crippen LogP contribution in [0.3, 0.4) is 0 Å². The SMILES string of the molecule is C=C/C(=C\C=C(/C)C(=O)OC(C)C)C(CCC(C)(C)C)N1C(=O)CNC12CCC(C(C)(C)C)CC2. The summed E-state index contributed by atoms with van der Waals surface area (Å²) >= 11 is 0. The number of hydrogen-bond donors (Lipinski definition) is 1. The van der Waals surface area contributed by atoms with E-state index in [4.69, 9.17) is 4.74 Å². The largest absolute Gasteiger partial charge is 0.460 e. The molecule has 0 radical (unpaired) electrons. The van der Waals surface area contributed by atoms with Gasteiger partial charge in [0, 0.05) is 5.57 Å². The number of esters is 1. The Morgan fingerprint density at radius 1 is 1.17 bits per heavy atom. The van der Waals surface area contributed by atoms with E-state index < -0.39 is 0 Å². The first-order valence-corrected chi connectivity index (χ1v) is 13.4. The molecule has 1 unspecified atom stereocenters. The van der Waals surface area contributed by atoms with Crippen LogP contribution in [0.25, 0.3) is 0 Å². The average Bonchev–Trinajstić information content (AvgIpc) is 3.04. The number of nitrogens with zero attached hydrogens (tertiary/aromatic N) is 1. The van der Waals surface area contributed by atoms with E-state index in [0.717, 1.165) is 44.1 Å². The number of hydrogen-bond acceptors (Lipinski definition) is 4. The lowest BCUT2D eigenvalue weighted by atomic mass is 9.69. The Kier molecular flexibility index (Phi) is 9.60. The van der Waals surface area contributed by atoms with Crippen molar-refractivity contribution in [3.05, 3.63) is 36.0 Å². The summed E-state index contributed by atoms with van der Waals surface area (Å²) < 4.78 is 5.34. The van der Waals surface area contributed by atoms with Crippen LogP contribution in [0.2, 0.25) is 0 Å². The Balaban J connectivity index is 2.41. The second-order valence-electron chi connectivity index (χ2n) is 13.1. The maximum absolute atomic E-state index is 13.4. The van der Waals surface area contributed by atoms with E-state index in [2.05, 4.69) is 58.3 Å². The van der Waals surface area contributed by atoms with Crippen molar-refractivity contribution in [1.82, 2.24) is 10.2 Å². The third-order valence-electron chi connectivity index (χ3n) is 7.63. The van der Waals surface area contributed by atoms with Crippen LogP contribution < -0.4 is 5.32 Å². The second-order valence-corrected chi connectivity index (χ2v) is 13.1. The summed E-state index contributed by atoms with van der Waals surface area (Å²) in [5.41, 5.74) is 1.63. The second kappa shape index (κ2) is 11.5. The normalized spacial score (nSPS) is 25.4. The highest BCUT2D eigenvalue weighted by Gasteiger charge is 2.51. The number of rotatable bonds is 8. The minimum Gasteiger partial charge on any atom is -0.460 e. The lowest BCUT2D eigenvalue weighted by Crippen LogP contribution is -2.58. The third-order valence-corrected chi connectivity index (χ3v) is 7.63. The summed E-state index contributed by atoms with van der Waals surface area (Å²) in [6.45, 7) is 23.6. The van der Waals surface area contributed by atoms with Crippen molar-refractivity contribution in [3.63, 3.8) is 0 Å². The first-order valence-electron chi connectivity index (χ1n) is 13.4. The summed E-state index contributed by atoms with van der Waals surface area (Å²) in [6.07, 6.45) is 11.4. The van der Waals surface area contributed by atoms with Crippen molar-refractivity contribution < 1.29 is 14.3 Å². The van der Waals surface area contributed by atoms with Crippen molar-refractivity contribution >= 4 is 11.9 Å². The van der Waals surface area contributed by atoms with Crippen LogP contribution in [0.5, 0.6) is 0 Å². The highest BCUT2D eigenvalue weighted by Crippen LogP contribution is 2.45.